The highest BCUT2D eigenvalue weighted by Crippen LogP contribution is 2.35. The minimum Gasteiger partial charge on any atom is -0.397 e. The average Bonchev–Trinajstić information content (AvgIpc) is 2.66. The molecule has 0 aliphatic carbocycles. The molecule has 0 saturated heterocycles. The smallest absolute Gasteiger partial charge is 0.263 e. The van der Waals surface area contributed by atoms with Crippen molar-refractivity contribution >= 4 is 33.0 Å². The van der Waals surface area contributed by atoms with Crippen LogP contribution in [0.1, 0.15) is 28.0 Å². The number of aromatic nitrogens is 1. The molecule has 1 amide bonds. The number of methoxy groups -OCH3 is 1. The summed E-state index contributed by atoms with van der Waals surface area (Å²) in [6.45, 7) is 6.20. The number of fused-ring (bicyclic) bond motifs is 1. The van der Waals surface area contributed by atoms with Gasteiger partial charge in [0.15, 0.2) is 0 Å². The van der Waals surface area contributed by atoms with E-state index in [4.69, 9.17) is 10.5 Å². The van der Waals surface area contributed by atoms with Crippen molar-refractivity contribution in [2.45, 2.75) is 26.8 Å². The lowest BCUT2D eigenvalue weighted by Gasteiger charge is -2.12. The van der Waals surface area contributed by atoms with Gasteiger partial charge < -0.3 is 15.8 Å². The molecule has 0 radical (unpaired) electrons. The first kappa shape index (κ1) is 14.7. The van der Waals surface area contributed by atoms with Gasteiger partial charge >= 0.3 is 0 Å². The summed E-state index contributed by atoms with van der Waals surface area (Å²) in [6, 6.07) is 1.90. The van der Waals surface area contributed by atoms with Crippen LogP contribution in [-0.4, -0.2) is 30.6 Å². The predicted octanol–water partition coefficient (Wildman–Crippen LogP) is 2.26. The van der Waals surface area contributed by atoms with Crippen LogP contribution in [0.3, 0.4) is 0 Å². The minimum atomic E-state index is -0.162. The van der Waals surface area contributed by atoms with Crippen molar-refractivity contribution in [1.82, 2.24) is 10.3 Å². The van der Waals surface area contributed by atoms with Crippen molar-refractivity contribution in [1.29, 1.82) is 0 Å². The maximum absolute atomic E-state index is 12.3. The highest BCUT2D eigenvalue weighted by Gasteiger charge is 2.19. The molecular formula is C14H19N3O2S. The van der Waals surface area contributed by atoms with Crippen LogP contribution in [0.15, 0.2) is 6.07 Å². The zero-order valence-corrected chi connectivity index (χ0v) is 12.9. The molecule has 6 heteroatoms. The van der Waals surface area contributed by atoms with Gasteiger partial charge in [0.2, 0.25) is 0 Å². The molecule has 2 heterocycles. The fraction of sp³-hybridized carbons (Fsp3) is 0.429. The number of rotatable bonds is 4. The van der Waals surface area contributed by atoms with E-state index in [1.807, 2.05) is 26.8 Å². The van der Waals surface area contributed by atoms with Gasteiger partial charge in [0.05, 0.1) is 12.3 Å². The third kappa shape index (κ3) is 2.76. The predicted molar refractivity (Wildman–Crippen MR) is 82.3 cm³/mol. The topological polar surface area (TPSA) is 77.2 Å². The molecule has 1 unspecified atom stereocenters. The number of nitrogens with zero attached hydrogens (tertiary/aromatic N) is 1. The molecule has 0 saturated carbocycles. The lowest BCUT2D eigenvalue weighted by Crippen LogP contribution is -2.35. The van der Waals surface area contributed by atoms with Crippen LogP contribution >= 0.6 is 11.3 Å². The van der Waals surface area contributed by atoms with E-state index in [1.54, 1.807) is 7.11 Å². The van der Waals surface area contributed by atoms with E-state index >= 15 is 0 Å². The molecule has 108 valence electrons. The molecule has 0 bridgehead atoms. The number of hydrogen-bond donors (Lipinski definition) is 2. The SMILES string of the molecule is COCC(C)NC(=O)c1sc2cc(C)nc(C)c2c1N. The number of thiophene rings is 1. The van der Waals surface area contributed by atoms with Crippen LogP contribution in [0.5, 0.6) is 0 Å². The number of nitrogens with two attached hydrogens (primary N) is 1. The van der Waals surface area contributed by atoms with Gasteiger partial charge in [-0.3, -0.25) is 9.78 Å². The van der Waals surface area contributed by atoms with Crippen LogP contribution in [0.4, 0.5) is 5.69 Å². The summed E-state index contributed by atoms with van der Waals surface area (Å²) in [6.07, 6.45) is 0. The van der Waals surface area contributed by atoms with Crippen molar-refractivity contribution in [3.8, 4) is 0 Å². The number of nitrogens with one attached hydrogen (secondary N) is 1. The van der Waals surface area contributed by atoms with Crippen molar-refractivity contribution in [3.05, 3.63) is 22.3 Å². The molecule has 1 atom stereocenters. The van der Waals surface area contributed by atoms with Crippen LogP contribution in [-0.2, 0) is 4.74 Å². The van der Waals surface area contributed by atoms with Gasteiger partial charge in [-0.05, 0) is 26.8 Å². The van der Waals surface area contributed by atoms with Gasteiger partial charge in [0.25, 0.3) is 5.91 Å². The summed E-state index contributed by atoms with van der Waals surface area (Å²) in [5.74, 6) is -0.162. The van der Waals surface area contributed by atoms with Gasteiger partial charge in [0, 0.05) is 34.6 Å². The van der Waals surface area contributed by atoms with E-state index in [0.717, 1.165) is 21.5 Å². The summed E-state index contributed by atoms with van der Waals surface area (Å²) in [7, 11) is 1.61. The second kappa shape index (κ2) is 5.76. The molecule has 0 fully saturated rings. The zero-order valence-electron chi connectivity index (χ0n) is 12.1. The number of amides is 1. The van der Waals surface area contributed by atoms with E-state index in [-0.39, 0.29) is 11.9 Å². The van der Waals surface area contributed by atoms with E-state index in [2.05, 4.69) is 10.3 Å². The van der Waals surface area contributed by atoms with Crippen molar-refractivity contribution < 1.29 is 9.53 Å². The van der Waals surface area contributed by atoms with E-state index < -0.39 is 0 Å². The molecule has 5 nitrogen and oxygen atoms in total. The summed E-state index contributed by atoms with van der Waals surface area (Å²) < 4.78 is 6.01. The van der Waals surface area contributed by atoms with Gasteiger partial charge in [-0.25, -0.2) is 0 Å². The molecule has 0 aliphatic heterocycles. The highest BCUT2D eigenvalue weighted by atomic mass is 32.1. The molecule has 0 spiro atoms. The van der Waals surface area contributed by atoms with Crippen molar-refractivity contribution in [2.75, 3.05) is 19.5 Å². The average molecular weight is 293 g/mol. The van der Waals surface area contributed by atoms with E-state index in [1.165, 1.54) is 11.3 Å². The Hall–Kier alpha value is -1.66. The summed E-state index contributed by atoms with van der Waals surface area (Å²) in [4.78, 5) is 17.2. The second-order valence-electron chi connectivity index (χ2n) is 4.90. The van der Waals surface area contributed by atoms with Gasteiger partial charge in [-0.1, -0.05) is 0 Å². The monoisotopic (exact) mass is 293 g/mol. The number of nitrogen functional groups attached to an aromatic ring is 1. The summed E-state index contributed by atoms with van der Waals surface area (Å²) >= 11 is 1.40. The molecule has 2 aromatic heterocycles. The number of anilines is 1. The molecule has 20 heavy (non-hydrogen) atoms. The molecular weight excluding hydrogens is 274 g/mol. The Kier molecular flexibility index (Phi) is 4.25. The normalized spacial score (nSPS) is 12.6. The largest absolute Gasteiger partial charge is 0.397 e. The lowest BCUT2D eigenvalue weighted by atomic mass is 10.2. The van der Waals surface area contributed by atoms with Crippen LogP contribution < -0.4 is 11.1 Å². The Labute approximate surface area is 122 Å². The van der Waals surface area contributed by atoms with E-state index in [0.29, 0.717) is 17.2 Å². The number of aryl methyl sites for hydroxylation is 2. The number of hydrogen-bond acceptors (Lipinski definition) is 5. The molecule has 0 aliphatic rings. The maximum Gasteiger partial charge on any atom is 0.263 e. The van der Waals surface area contributed by atoms with Crippen LogP contribution in [0.25, 0.3) is 10.1 Å². The van der Waals surface area contributed by atoms with Gasteiger partial charge in [-0.2, -0.15) is 0 Å². The second-order valence-corrected chi connectivity index (χ2v) is 5.95. The third-order valence-electron chi connectivity index (χ3n) is 3.02. The minimum absolute atomic E-state index is 0.0573. The Morgan fingerprint density at radius 1 is 1.55 bits per heavy atom. The number of pyridine rings is 1. The highest BCUT2D eigenvalue weighted by molar-refractivity contribution is 7.21. The number of ether oxygens (including phenoxy) is 1. The fourth-order valence-electron chi connectivity index (χ4n) is 2.23. The Morgan fingerprint density at radius 3 is 2.90 bits per heavy atom. The van der Waals surface area contributed by atoms with Crippen LogP contribution in [0.2, 0.25) is 0 Å². The first-order chi connectivity index (χ1) is 9.43. The third-order valence-corrected chi connectivity index (χ3v) is 4.17. The molecule has 2 rings (SSSR count). The first-order valence-corrected chi connectivity index (χ1v) is 7.21. The van der Waals surface area contributed by atoms with Crippen LogP contribution in [0, 0.1) is 13.8 Å². The fourth-order valence-corrected chi connectivity index (χ4v) is 3.40. The van der Waals surface area contributed by atoms with Crippen molar-refractivity contribution in [3.63, 3.8) is 0 Å². The van der Waals surface area contributed by atoms with Gasteiger partial charge in [-0.15, -0.1) is 11.3 Å². The quantitative estimate of drug-likeness (QED) is 0.906. The van der Waals surface area contributed by atoms with Gasteiger partial charge in [0.1, 0.15) is 4.88 Å². The Bertz CT molecular complexity index is 651. The number of carbonyl (C=O) groups excluding carboxylic acids is 1. The zero-order chi connectivity index (χ0) is 14.9. The summed E-state index contributed by atoms with van der Waals surface area (Å²) in [5, 5.41) is 3.76. The molecule has 3 N–H and O–H groups in total. The van der Waals surface area contributed by atoms with E-state index in [9.17, 15) is 4.79 Å². The van der Waals surface area contributed by atoms with Crippen molar-refractivity contribution in [2.24, 2.45) is 0 Å². The lowest BCUT2D eigenvalue weighted by molar-refractivity contribution is 0.0910. The Balaban J connectivity index is 2.38. The maximum atomic E-state index is 12.3. The Morgan fingerprint density at radius 2 is 2.25 bits per heavy atom. The number of carbonyl (C=O) groups is 1. The summed E-state index contributed by atoms with van der Waals surface area (Å²) in [5.41, 5.74) is 8.42. The standard InChI is InChI=1S/C14H19N3O2S/c1-7-5-10-11(9(3)16-7)12(15)13(20-10)14(18)17-8(2)6-19-4/h5,8H,6,15H2,1-4H3,(H,17,18). The molecule has 0 aromatic carbocycles. The first-order valence-electron chi connectivity index (χ1n) is 6.40. The molecule has 2 aromatic rings.